The summed E-state index contributed by atoms with van der Waals surface area (Å²) in [6.07, 6.45) is 0.354. The molecule has 1 fully saturated rings. The third kappa shape index (κ3) is 2.59. The highest BCUT2D eigenvalue weighted by Crippen LogP contribution is 2.16. The van der Waals surface area contributed by atoms with Crippen molar-refractivity contribution in [3.63, 3.8) is 0 Å². The summed E-state index contributed by atoms with van der Waals surface area (Å²) in [5.41, 5.74) is 0. The number of rotatable bonds is 4. The molecule has 1 heterocycles. The van der Waals surface area contributed by atoms with Crippen molar-refractivity contribution in [2.45, 2.75) is 18.6 Å². The van der Waals surface area contributed by atoms with E-state index in [0.29, 0.717) is 25.4 Å². The summed E-state index contributed by atoms with van der Waals surface area (Å²) in [6.45, 7) is 1.20. The summed E-state index contributed by atoms with van der Waals surface area (Å²) in [5.74, 6) is 0.437. The molecule has 82 valence electrons. The number of hydrogen-bond acceptors (Lipinski definition) is 3. The molecule has 1 rings (SSSR count). The average Bonchev–Trinajstić information content (AvgIpc) is 2.61. The molecule has 14 heavy (non-hydrogen) atoms. The molecule has 1 amide bonds. The second-order valence-corrected chi connectivity index (χ2v) is 3.66. The Morgan fingerprint density at radius 3 is 2.21 bits per heavy atom. The molecule has 0 saturated carbocycles. The largest absolute Gasteiger partial charge is 0.377 e. The van der Waals surface area contributed by atoms with Crippen LogP contribution in [0.15, 0.2) is 0 Å². The van der Waals surface area contributed by atoms with E-state index >= 15 is 0 Å². The highest BCUT2D eigenvalue weighted by atomic mass is 35.5. The third-order valence-electron chi connectivity index (χ3n) is 2.48. The first kappa shape index (κ1) is 11.8. The molecule has 1 aliphatic rings. The van der Waals surface area contributed by atoms with E-state index in [1.807, 2.05) is 0 Å². The van der Waals surface area contributed by atoms with E-state index < -0.39 is 0 Å². The van der Waals surface area contributed by atoms with Crippen LogP contribution in [0.4, 0.5) is 0 Å². The predicted octanol–water partition coefficient (Wildman–Crippen LogP) is 0.487. The molecule has 0 aromatic carbocycles. The van der Waals surface area contributed by atoms with Crippen molar-refractivity contribution in [1.29, 1.82) is 0 Å². The van der Waals surface area contributed by atoms with E-state index in [1.54, 1.807) is 19.1 Å². The van der Waals surface area contributed by atoms with E-state index in [1.165, 1.54) is 0 Å². The van der Waals surface area contributed by atoms with Gasteiger partial charge < -0.3 is 14.4 Å². The zero-order chi connectivity index (χ0) is 10.6. The van der Waals surface area contributed by atoms with Crippen LogP contribution in [0, 0.1) is 0 Å². The van der Waals surface area contributed by atoms with E-state index in [4.69, 9.17) is 21.1 Å². The van der Waals surface area contributed by atoms with Crippen LogP contribution in [-0.2, 0) is 14.3 Å². The first-order valence-electron chi connectivity index (χ1n) is 4.62. The summed E-state index contributed by atoms with van der Waals surface area (Å²) in [6, 6.07) is 0. The number of likely N-dealkylation sites (tertiary alicyclic amines) is 1. The molecule has 4 nitrogen and oxygen atoms in total. The van der Waals surface area contributed by atoms with Gasteiger partial charge in [-0.15, -0.1) is 11.6 Å². The van der Waals surface area contributed by atoms with Gasteiger partial charge in [-0.1, -0.05) is 0 Å². The standard InChI is InChI=1S/C9H16ClNO3/c1-13-7-5-11(6-8(7)14-2)9(12)3-4-10/h7-8H,3-6H2,1-2H3/t7-,8-/m0/s1. The molecule has 0 bridgehead atoms. The van der Waals surface area contributed by atoms with Gasteiger partial charge in [0.2, 0.25) is 5.91 Å². The van der Waals surface area contributed by atoms with Crippen molar-refractivity contribution < 1.29 is 14.3 Å². The van der Waals surface area contributed by atoms with Crippen LogP contribution in [0.3, 0.4) is 0 Å². The van der Waals surface area contributed by atoms with Gasteiger partial charge in [-0.3, -0.25) is 4.79 Å². The van der Waals surface area contributed by atoms with Crippen molar-refractivity contribution in [2.24, 2.45) is 0 Å². The monoisotopic (exact) mass is 221 g/mol. The molecule has 5 heteroatoms. The quantitative estimate of drug-likeness (QED) is 0.649. The third-order valence-corrected chi connectivity index (χ3v) is 2.67. The first-order chi connectivity index (χ1) is 6.72. The number of amides is 1. The highest BCUT2D eigenvalue weighted by molar-refractivity contribution is 6.18. The lowest BCUT2D eigenvalue weighted by atomic mass is 10.3. The lowest BCUT2D eigenvalue weighted by Gasteiger charge is -2.14. The van der Waals surface area contributed by atoms with Crippen LogP contribution in [0.5, 0.6) is 0 Å². The van der Waals surface area contributed by atoms with Crippen LogP contribution in [0.25, 0.3) is 0 Å². The molecular weight excluding hydrogens is 206 g/mol. The molecule has 0 unspecified atom stereocenters. The van der Waals surface area contributed by atoms with Crippen molar-refractivity contribution in [3.8, 4) is 0 Å². The number of hydrogen-bond donors (Lipinski definition) is 0. The van der Waals surface area contributed by atoms with Crippen LogP contribution in [0.1, 0.15) is 6.42 Å². The van der Waals surface area contributed by atoms with Crippen LogP contribution in [-0.4, -0.2) is 56.2 Å². The number of halogens is 1. The molecule has 0 aromatic heterocycles. The number of ether oxygens (including phenoxy) is 2. The summed E-state index contributed by atoms with van der Waals surface area (Å²) >= 11 is 5.51. The Hall–Kier alpha value is -0.320. The van der Waals surface area contributed by atoms with Gasteiger partial charge in [0.15, 0.2) is 0 Å². The van der Waals surface area contributed by atoms with Gasteiger partial charge in [-0.2, -0.15) is 0 Å². The molecular formula is C9H16ClNO3. The van der Waals surface area contributed by atoms with E-state index in [2.05, 4.69) is 0 Å². The van der Waals surface area contributed by atoms with Crippen LogP contribution in [0.2, 0.25) is 0 Å². The van der Waals surface area contributed by atoms with Crippen molar-refractivity contribution in [1.82, 2.24) is 4.90 Å². The SMILES string of the molecule is CO[C@H]1CN(C(=O)CCCl)C[C@@H]1OC. The Morgan fingerprint density at radius 1 is 1.36 bits per heavy atom. The molecule has 1 saturated heterocycles. The Balaban J connectivity index is 2.48. The van der Waals surface area contributed by atoms with Crippen molar-refractivity contribution in [3.05, 3.63) is 0 Å². The van der Waals surface area contributed by atoms with Crippen molar-refractivity contribution in [2.75, 3.05) is 33.2 Å². The van der Waals surface area contributed by atoms with Gasteiger partial charge in [0.05, 0.1) is 0 Å². The van der Waals surface area contributed by atoms with E-state index in [9.17, 15) is 4.79 Å². The number of carbonyl (C=O) groups is 1. The van der Waals surface area contributed by atoms with Crippen LogP contribution < -0.4 is 0 Å². The molecule has 0 aromatic rings. The summed E-state index contributed by atoms with van der Waals surface area (Å²) in [7, 11) is 3.26. The summed E-state index contributed by atoms with van der Waals surface area (Å²) < 4.78 is 10.4. The number of nitrogens with zero attached hydrogens (tertiary/aromatic N) is 1. The molecule has 2 atom stereocenters. The maximum absolute atomic E-state index is 11.5. The topological polar surface area (TPSA) is 38.8 Å². The van der Waals surface area contributed by atoms with Crippen LogP contribution >= 0.6 is 11.6 Å². The molecule has 0 N–H and O–H groups in total. The zero-order valence-electron chi connectivity index (χ0n) is 8.53. The van der Waals surface area contributed by atoms with Gasteiger partial charge in [-0.25, -0.2) is 0 Å². The number of alkyl halides is 1. The number of carbonyl (C=O) groups excluding carboxylic acids is 1. The van der Waals surface area contributed by atoms with Gasteiger partial charge in [-0.05, 0) is 0 Å². The normalized spacial score (nSPS) is 26.9. The fourth-order valence-electron chi connectivity index (χ4n) is 1.64. The lowest BCUT2D eigenvalue weighted by Crippen LogP contribution is -2.30. The Kier molecular flexibility index (Phi) is 4.65. The Morgan fingerprint density at radius 2 is 1.86 bits per heavy atom. The summed E-state index contributed by atoms with van der Waals surface area (Å²) in [4.78, 5) is 13.2. The first-order valence-corrected chi connectivity index (χ1v) is 5.15. The Labute approximate surface area is 89.1 Å². The van der Waals surface area contributed by atoms with Gasteiger partial charge in [0.1, 0.15) is 12.2 Å². The van der Waals surface area contributed by atoms with Crippen molar-refractivity contribution >= 4 is 17.5 Å². The molecule has 0 aliphatic carbocycles. The minimum absolute atomic E-state index is 0.0146. The van der Waals surface area contributed by atoms with E-state index in [0.717, 1.165) is 0 Å². The maximum atomic E-state index is 11.5. The minimum Gasteiger partial charge on any atom is -0.377 e. The Bertz CT molecular complexity index is 188. The van der Waals surface area contributed by atoms with E-state index in [-0.39, 0.29) is 18.1 Å². The number of methoxy groups -OCH3 is 2. The lowest BCUT2D eigenvalue weighted by molar-refractivity contribution is -0.130. The second-order valence-electron chi connectivity index (χ2n) is 3.29. The summed E-state index contributed by atoms with van der Waals surface area (Å²) in [5, 5.41) is 0. The zero-order valence-corrected chi connectivity index (χ0v) is 9.29. The van der Waals surface area contributed by atoms with Gasteiger partial charge >= 0.3 is 0 Å². The van der Waals surface area contributed by atoms with Gasteiger partial charge in [0.25, 0.3) is 0 Å². The maximum Gasteiger partial charge on any atom is 0.223 e. The minimum atomic E-state index is -0.0146. The molecule has 1 aliphatic heterocycles. The molecule has 0 spiro atoms. The highest BCUT2D eigenvalue weighted by Gasteiger charge is 2.34. The predicted molar refractivity (Wildman–Crippen MR) is 53.5 cm³/mol. The van der Waals surface area contributed by atoms with Gasteiger partial charge in [0, 0.05) is 39.6 Å². The smallest absolute Gasteiger partial charge is 0.223 e. The second kappa shape index (κ2) is 5.53. The average molecular weight is 222 g/mol. The molecule has 0 radical (unpaired) electrons. The fraction of sp³-hybridized carbons (Fsp3) is 0.889. The fourth-order valence-corrected chi connectivity index (χ4v) is 1.80.